The molecule has 1 aromatic heterocycles. The van der Waals surface area contributed by atoms with Crippen LogP contribution in [0.25, 0.3) is 0 Å². The highest BCUT2D eigenvalue weighted by molar-refractivity contribution is 5.92. The zero-order valence-corrected chi connectivity index (χ0v) is 12.5. The second-order valence-corrected chi connectivity index (χ2v) is 5.15. The summed E-state index contributed by atoms with van der Waals surface area (Å²) in [6.07, 6.45) is 0. The highest BCUT2D eigenvalue weighted by Gasteiger charge is 2.21. The Kier molecular flexibility index (Phi) is 6.35. The van der Waals surface area contributed by atoms with Crippen LogP contribution in [0.15, 0.2) is 6.07 Å². The molecule has 1 aromatic rings. The largest absolute Gasteiger partial charge is 0.349 e. The number of likely N-dealkylation sites (N-methyl/N-ethyl adjacent to an activating group) is 1. The number of nitrogens with zero attached hydrogens (tertiary/aromatic N) is 2. The van der Waals surface area contributed by atoms with E-state index in [0.29, 0.717) is 12.2 Å². The second kappa shape index (κ2) is 6.75. The predicted molar refractivity (Wildman–Crippen MR) is 75.4 cm³/mol. The summed E-state index contributed by atoms with van der Waals surface area (Å²) in [7, 11) is 3.65. The van der Waals surface area contributed by atoms with Crippen molar-refractivity contribution in [3.05, 3.63) is 17.5 Å². The fraction of sp³-hybridized carbons (Fsp3) is 0.667. The Bertz CT molecular complexity index is 395. The molecule has 1 rings (SSSR count). The van der Waals surface area contributed by atoms with Gasteiger partial charge in [-0.1, -0.05) is 20.8 Å². The molecule has 0 atom stereocenters. The summed E-state index contributed by atoms with van der Waals surface area (Å²) in [5, 5.41) is 10.2. The molecule has 0 saturated heterocycles. The van der Waals surface area contributed by atoms with Crippen LogP contribution in [0.4, 0.5) is 0 Å². The third-order valence-corrected chi connectivity index (χ3v) is 2.54. The van der Waals surface area contributed by atoms with E-state index in [1.165, 1.54) is 0 Å². The minimum Gasteiger partial charge on any atom is -0.349 e. The first-order valence-electron chi connectivity index (χ1n) is 5.83. The summed E-state index contributed by atoms with van der Waals surface area (Å²) in [6, 6.07) is 1.86. The van der Waals surface area contributed by atoms with Crippen LogP contribution in [0.2, 0.25) is 0 Å². The van der Waals surface area contributed by atoms with Gasteiger partial charge in [0.1, 0.15) is 5.69 Å². The molecule has 0 spiro atoms. The van der Waals surface area contributed by atoms with Gasteiger partial charge < -0.3 is 10.6 Å². The van der Waals surface area contributed by atoms with Crippen LogP contribution in [0.5, 0.6) is 0 Å². The predicted octanol–water partition coefficient (Wildman–Crippen LogP) is 1.09. The van der Waals surface area contributed by atoms with Gasteiger partial charge in [-0.05, 0) is 13.1 Å². The third kappa shape index (κ3) is 4.31. The molecule has 0 aliphatic heterocycles. The molecule has 18 heavy (non-hydrogen) atoms. The number of nitrogens with one attached hydrogen (secondary N) is 2. The molecule has 104 valence electrons. The van der Waals surface area contributed by atoms with Gasteiger partial charge in [-0.25, -0.2) is 0 Å². The molecule has 0 bridgehead atoms. The van der Waals surface area contributed by atoms with Gasteiger partial charge in [0.2, 0.25) is 0 Å². The number of rotatable bonds is 4. The maximum Gasteiger partial charge on any atom is 0.269 e. The Balaban J connectivity index is 0.00000289. The number of carbonyl (C=O) groups excluding carboxylic acids is 1. The number of amides is 1. The Morgan fingerprint density at radius 1 is 1.39 bits per heavy atom. The fourth-order valence-corrected chi connectivity index (χ4v) is 1.44. The van der Waals surface area contributed by atoms with Crippen molar-refractivity contribution in [3.63, 3.8) is 0 Å². The van der Waals surface area contributed by atoms with E-state index in [-0.39, 0.29) is 23.7 Å². The van der Waals surface area contributed by atoms with Crippen molar-refractivity contribution < 1.29 is 4.79 Å². The van der Waals surface area contributed by atoms with Crippen LogP contribution in [-0.4, -0.2) is 35.8 Å². The molecule has 0 saturated carbocycles. The number of hydrogen-bond donors (Lipinski definition) is 2. The van der Waals surface area contributed by atoms with E-state index in [2.05, 4.69) is 36.5 Å². The first-order chi connectivity index (χ1) is 7.86. The molecular formula is C12H23ClN4O. The summed E-state index contributed by atoms with van der Waals surface area (Å²) in [5.74, 6) is -0.0780. The van der Waals surface area contributed by atoms with Gasteiger partial charge in [0.25, 0.3) is 5.91 Å². The molecule has 0 aliphatic carbocycles. The molecular weight excluding hydrogens is 252 g/mol. The summed E-state index contributed by atoms with van der Waals surface area (Å²) in [6.45, 7) is 7.62. The maximum absolute atomic E-state index is 11.9. The molecule has 0 aliphatic rings. The topological polar surface area (TPSA) is 58.9 Å². The van der Waals surface area contributed by atoms with Crippen molar-refractivity contribution in [1.82, 2.24) is 20.4 Å². The van der Waals surface area contributed by atoms with Crippen molar-refractivity contribution in [2.75, 3.05) is 20.1 Å². The van der Waals surface area contributed by atoms with E-state index >= 15 is 0 Å². The number of carbonyl (C=O) groups is 1. The van der Waals surface area contributed by atoms with E-state index in [0.717, 1.165) is 12.2 Å². The lowest BCUT2D eigenvalue weighted by Crippen LogP contribution is -2.31. The first kappa shape index (κ1) is 16.9. The number of halogens is 1. The van der Waals surface area contributed by atoms with Gasteiger partial charge in [0.05, 0.1) is 5.69 Å². The van der Waals surface area contributed by atoms with Gasteiger partial charge >= 0.3 is 0 Å². The number of aromatic nitrogens is 2. The zero-order chi connectivity index (χ0) is 13.1. The summed E-state index contributed by atoms with van der Waals surface area (Å²) >= 11 is 0. The van der Waals surface area contributed by atoms with E-state index in [9.17, 15) is 4.79 Å². The zero-order valence-electron chi connectivity index (χ0n) is 11.7. The van der Waals surface area contributed by atoms with Crippen LogP contribution >= 0.6 is 12.4 Å². The Labute approximate surface area is 115 Å². The standard InChI is InChI=1S/C12H22N4O.ClH/c1-12(2,3)10-8-9(16(5)15-10)11(17)14-7-6-13-4;/h8,13H,6-7H2,1-5H3,(H,14,17);1H. The summed E-state index contributed by atoms with van der Waals surface area (Å²) < 4.78 is 1.63. The molecule has 0 aromatic carbocycles. The van der Waals surface area contributed by atoms with E-state index in [4.69, 9.17) is 0 Å². The monoisotopic (exact) mass is 274 g/mol. The number of aryl methyl sites for hydroxylation is 1. The molecule has 0 unspecified atom stereocenters. The SMILES string of the molecule is CNCCNC(=O)c1cc(C(C)(C)C)nn1C.Cl. The quantitative estimate of drug-likeness (QED) is 0.808. The van der Waals surface area contributed by atoms with Crippen molar-refractivity contribution >= 4 is 18.3 Å². The van der Waals surface area contributed by atoms with Gasteiger partial charge in [-0.3, -0.25) is 9.48 Å². The van der Waals surface area contributed by atoms with Crippen LogP contribution in [0, 0.1) is 0 Å². The van der Waals surface area contributed by atoms with Crippen molar-refractivity contribution in [3.8, 4) is 0 Å². The van der Waals surface area contributed by atoms with Crippen molar-refractivity contribution in [1.29, 1.82) is 0 Å². The average molecular weight is 275 g/mol. The lowest BCUT2D eigenvalue weighted by atomic mass is 9.92. The fourth-order valence-electron chi connectivity index (χ4n) is 1.44. The molecule has 1 heterocycles. The minimum absolute atomic E-state index is 0. The van der Waals surface area contributed by atoms with Crippen molar-refractivity contribution in [2.24, 2.45) is 7.05 Å². The summed E-state index contributed by atoms with van der Waals surface area (Å²) in [4.78, 5) is 11.9. The Morgan fingerprint density at radius 3 is 2.44 bits per heavy atom. The first-order valence-corrected chi connectivity index (χ1v) is 5.83. The van der Waals surface area contributed by atoms with Gasteiger partial charge in [0, 0.05) is 25.6 Å². The highest BCUT2D eigenvalue weighted by atomic mass is 35.5. The second-order valence-electron chi connectivity index (χ2n) is 5.15. The smallest absolute Gasteiger partial charge is 0.269 e. The van der Waals surface area contributed by atoms with E-state index < -0.39 is 0 Å². The average Bonchev–Trinajstić information content (AvgIpc) is 2.60. The normalized spacial score (nSPS) is 10.9. The number of hydrogen-bond acceptors (Lipinski definition) is 3. The van der Waals surface area contributed by atoms with Gasteiger partial charge in [-0.15, -0.1) is 12.4 Å². The molecule has 0 fully saturated rings. The van der Waals surface area contributed by atoms with E-state index in [1.54, 1.807) is 11.7 Å². The van der Waals surface area contributed by atoms with Gasteiger partial charge in [-0.2, -0.15) is 5.10 Å². The lowest BCUT2D eigenvalue weighted by molar-refractivity contribution is 0.0945. The van der Waals surface area contributed by atoms with E-state index in [1.807, 2.05) is 13.1 Å². The molecule has 0 radical (unpaired) electrons. The highest BCUT2D eigenvalue weighted by Crippen LogP contribution is 2.21. The molecule has 1 amide bonds. The van der Waals surface area contributed by atoms with Gasteiger partial charge in [0.15, 0.2) is 0 Å². The Hall–Kier alpha value is -1.07. The Morgan fingerprint density at radius 2 is 2.00 bits per heavy atom. The minimum atomic E-state index is -0.0780. The molecule has 6 heteroatoms. The molecule has 5 nitrogen and oxygen atoms in total. The van der Waals surface area contributed by atoms with Crippen LogP contribution < -0.4 is 10.6 Å². The maximum atomic E-state index is 11.9. The van der Waals surface area contributed by atoms with Crippen LogP contribution in [0.3, 0.4) is 0 Å². The molecule has 2 N–H and O–H groups in total. The van der Waals surface area contributed by atoms with Crippen LogP contribution in [-0.2, 0) is 12.5 Å². The third-order valence-electron chi connectivity index (χ3n) is 2.54. The lowest BCUT2D eigenvalue weighted by Gasteiger charge is -2.13. The van der Waals surface area contributed by atoms with Crippen LogP contribution in [0.1, 0.15) is 37.0 Å². The van der Waals surface area contributed by atoms with Crippen molar-refractivity contribution in [2.45, 2.75) is 26.2 Å². The summed E-state index contributed by atoms with van der Waals surface area (Å²) in [5.41, 5.74) is 1.49.